The van der Waals surface area contributed by atoms with Crippen LogP contribution in [0.15, 0.2) is 58.3 Å². The van der Waals surface area contributed by atoms with Gasteiger partial charge in [0.2, 0.25) is 0 Å². The molecule has 0 bridgehead atoms. The zero-order valence-electron chi connectivity index (χ0n) is 35.1. The van der Waals surface area contributed by atoms with Crippen molar-refractivity contribution in [3.05, 3.63) is 59.7 Å². The zero-order valence-corrected chi connectivity index (χ0v) is 36.7. The minimum atomic E-state index is -7.99. The fourth-order valence-corrected chi connectivity index (χ4v) is 7.32. The highest BCUT2D eigenvalue weighted by atomic mass is 32.2. The maximum absolute atomic E-state index is 14.0. The van der Waals surface area contributed by atoms with Gasteiger partial charge in [-0.25, -0.2) is 9.59 Å². The summed E-state index contributed by atoms with van der Waals surface area (Å²) >= 11 is 0.427. The van der Waals surface area contributed by atoms with E-state index in [9.17, 15) is 124 Å². The van der Waals surface area contributed by atoms with Gasteiger partial charge in [-0.2, -0.15) is 114 Å². The van der Waals surface area contributed by atoms with Gasteiger partial charge in [-0.15, -0.1) is 23.5 Å². The van der Waals surface area contributed by atoms with Crippen molar-refractivity contribution in [2.75, 3.05) is 24.7 Å². The molecule has 2 aromatic carbocycles. The van der Waals surface area contributed by atoms with Crippen molar-refractivity contribution in [2.24, 2.45) is 0 Å². The second-order valence-corrected chi connectivity index (χ2v) is 17.3. The van der Waals surface area contributed by atoms with Crippen LogP contribution in [0, 0.1) is 0 Å². The van der Waals surface area contributed by atoms with Gasteiger partial charge < -0.3 is 9.47 Å². The number of ether oxygens (including phenoxy) is 2. The van der Waals surface area contributed by atoms with Crippen molar-refractivity contribution >= 4 is 35.5 Å². The SMILES string of the molecule is O=C(OCCCCCCCCCOC(=O)c1ccc(SCCC(F)(F)C(F)(F)C(F)(F)C(F)(F)C(F)(F)C(F)(F)F)cc1)c1ccc(SCCC(F)(F)C(F)(F)C(F)(F)C(F)(F)C(F)(F)C(F)(F)F)cc1. The predicted octanol–water partition coefficient (Wildman–Crippen LogP) is 15.9. The number of hydrogen-bond donors (Lipinski definition) is 0. The molecule has 0 unspecified atom stereocenters. The fourth-order valence-electron chi connectivity index (χ4n) is 5.47. The molecule has 0 radical (unpaired) electrons. The second-order valence-electron chi connectivity index (χ2n) is 15.0. The first-order chi connectivity index (χ1) is 31.9. The molecular formula is C39H34F26O4S2. The van der Waals surface area contributed by atoms with Gasteiger partial charge in [0.25, 0.3) is 0 Å². The molecule has 0 fully saturated rings. The van der Waals surface area contributed by atoms with E-state index in [-0.39, 0.29) is 57.7 Å². The minimum Gasteiger partial charge on any atom is -0.462 e. The molecule has 71 heavy (non-hydrogen) atoms. The van der Waals surface area contributed by atoms with E-state index in [0.29, 0.717) is 44.9 Å². The van der Waals surface area contributed by atoms with Gasteiger partial charge in [-0.3, -0.25) is 0 Å². The predicted molar refractivity (Wildman–Crippen MR) is 198 cm³/mol. The molecule has 0 amide bonds. The Labute approximate surface area is 391 Å². The van der Waals surface area contributed by atoms with Crippen LogP contribution in [0.5, 0.6) is 0 Å². The first-order valence-electron chi connectivity index (χ1n) is 19.6. The van der Waals surface area contributed by atoms with E-state index in [1.165, 1.54) is 0 Å². The summed E-state index contributed by atoms with van der Waals surface area (Å²) in [5.74, 6) is -79.0. The van der Waals surface area contributed by atoms with Gasteiger partial charge in [-0.05, 0) is 61.4 Å². The van der Waals surface area contributed by atoms with E-state index < -0.39 is 108 Å². The highest BCUT2D eigenvalue weighted by molar-refractivity contribution is 7.99. The Morgan fingerprint density at radius 3 is 0.831 bits per heavy atom. The Kier molecular flexibility index (Phi) is 20.3. The molecule has 0 aliphatic carbocycles. The van der Waals surface area contributed by atoms with Crippen LogP contribution in [0.3, 0.4) is 0 Å². The van der Waals surface area contributed by atoms with Crippen LogP contribution in [0.4, 0.5) is 114 Å². The fraction of sp³-hybridized carbons (Fsp3) is 0.641. The summed E-state index contributed by atoms with van der Waals surface area (Å²) in [6.07, 6.45) is -16.0. The largest absolute Gasteiger partial charge is 0.462 e. The normalized spacial score (nSPS) is 14.5. The molecule has 0 saturated carbocycles. The molecule has 32 heteroatoms. The Bertz CT molecular complexity index is 1890. The first kappa shape index (κ1) is 63.4. The topological polar surface area (TPSA) is 52.6 Å². The van der Waals surface area contributed by atoms with Crippen LogP contribution in [0.2, 0.25) is 0 Å². The lowest BCUT2D eigenvalue weighted by Gasteiger charge is -2.39. The summed E-state index contributed by atoms with van der Waals surface area (Å²) in [6.45, 7) is -0.175. The summed E-state index contributed by atoms with van der Waals surface area (Å²) in [5, 5.41) is 0. The monoisotopic (exact) mass is 1120 g/mol. The van der Waals surface area contributed by atoms with Crippen molar-refractivity contribution in [1.82, 2.24) is 0 Å². The molecule has 0 heterocycles. The summed E-state index contributed by atoms with van der Waals surface area (Å²) in [4.78, 5) is 24.4. The first-order valence-corrected chi connectivity index (χ1v) is 21.6. The molecule has 0 saturated heterocycles. The zero-order chi connectivity index (χ0) is 55.1. The maximum Gasteiger partial charge on any atom is 0.460 e. The Morgan fingerprint density at radius 2 is 0.577 bits per heavy atom. The molecule has 2 aromatic rings. The van der Waals surface area contributed by atoms with E-state index in [2.05, 4.69) is 0 Å². The van der Waals surface area contributed by atoms with Gasteiger partial charge in [0.05, 0.1) is 24.3 Å². The molecule has 408 valence electrons. The number of rotatable bonds is 28. The number of hydrogen-bond acceptors (Lipinski definition) is 6. The third-order valence-corrected chi connectivity index (χ3v) is 11.8. The van der Waals surface area contributed by atoms with Crippen molar-refractivity contribution < 1.29 is 133 Å². The standard InChI is InChI=1S/C39H34F26O4S2/c40-28(41,30(44,45)32(48,49)34(52,53)36(56,57)38(60,61)62)16-20-70-24-12-8-22(9-13-24)26(66)68-18-6-4-2-1-3-5-7-19-69-27(67)23-10-14-25(15-11-23)71-21-17-29(42,43)31(46,47)33(50,51)35(54,55)37(58,59)39(63,64)65/h8-15H,1-7,16-21H2. The minimum absolute atomic E-state index is 0.0877. The third-order valence-electron chi connectivity index (χ3n) is 9.80. The van der Waals surface area contributed by atoms with Crippen LogP contribution >= 0.6 is 23.5 Å². The molecule has 0 atom stereocenters. The summed E-state index contributed by atoms with van der Waals surface area (Å²) in [6, 6.07) is 8.37. The maximum atomic E-state index is 14.0. The number of thioether (sulfide) groups is 2. The summed E-state index contributed by atoms with van der Waals surface area (Å²) in [5.41, 5.74) is -0.239. The molecule has 0 aromatic heterocycles. The number of carbonyl (C=O) groups is 2. The Hall–Kier alpha value is -3.74. The van der Waals surface area contributed by atoms with Crippen LogP contribution in [-0.2, 0) is 9.47 Å². The van der Waals surface area contributed by atoms with Gasteiger partial charge in [0, 0.05) is 34.1 Å². The van der Waals surface area contributed by atoms with Crippen molar-refractivity contribution in [1.29, 1.82) is 0 Å². The number of unbranched alkanes of at least 4 members (excludes halogenated alkanes) is 6. The lowest BCUT2D eigenvalue weighted by molar-refractivity contribution is -0.439. The number of halogens is 26. The van der Waals surface area contributed by atoms with Gasteiger partial charge in [-0.1, -0.05) is 32.1 Å². The van der Waals surface area contributed by atoms with Crippen LogP contribution in [0.25, 0.3) is 0 Å². The van der Waals surface area contributed by atoms with Gasteiger partial charge >= 0.3 is 83.5 Å². The average molecular weight is 1120 g/mol. The van der Waals surface area contributed by atoms with Crippen LogP contribution < -0.4 is 0 Å². The number of esters is 2. The Balaban J connectivity index is 1.68. The van der Waals surface area contributed by atoms with Crippen LogP contribution in [0.1, 0.15) is 78.5 Å². The summed E-state index contributed by atoms with van der Waals surface area (Å²) in [7, 11) is 0. The smallest absolute Gasteiger partial charge is 0.460 e. The summed E-state index contributed by atoms with van der Waals surface area (Å²) < 4.78 is 355. The lowest BCUT2D eigenvalue weighted by Crippen LogP contribution is -2.70. The average Bonchev–Trinajstić information content (AvgIpc) is 3.24. The number of alkyl halides is 26. The van der Waals surface area contributed by atoms with E-state index >= 15 is 0 Å². The van der Waals surface area contributed by atoms with E-state index in [4.69, 9.17) is 9.47 Å². The highest BCUT2D eigenvalue weighted by Crippen LogP contribution is 2.62. The van der Waals surface area contributed by atoms with E-state index in [1.807, 2.05) is 0 Å². The quantitative estimate of drug-likeness (QED) is 0.0366. The second kappa shape index (κ2) is 22.8. The molecule has 0 N–H and O–H groups in total. The molecular weight excluding hydrogens is 1090 g/mol. The molecule has 2 rings (SSSR count). The Morgan fingerprint density at radius 1 is 0.338 bits per heavy atom. The molecule has 0 aliphatic rings. The number of carbonyl (C=O) groups excluding carboxylic acids is 2. The highest BCUT2D eigenvalue weighted by Gasteiger charge is 2.92. The number of benzene rings is 2. The molecule has 4 nitrogen and oxygen atoms in total. The van der Waals surface area contributed by atoms with Gasteiger partial charge in [0.1, 0.15) is 0 Å². The van der Waals surface area contributed by atoms with Gasteiger partial charge in [0.15, 0.2) is 0 Å². The van der Waals surface area contributed by atoms with Crippen molar-refractivity contribution in [2.45, 2.75) is 139 Å². The third kappa shape index (κ3) is 13.5. The molecule has 0 spiro atoms. The van der Waals surface area contributed by atoms with Crippen molar-refractivity contribution in [3.8, 4) is 0 Å². The van der Waals surface area contributed by atoms with E-state index in [0.717, 1.165) is 48.5 Å². The molecule has 0 aliphatic heterocycles. The lowest BCUT2D eigenvalue weighted by atomic mass is 9.93. The van der Waals surface area contributed by atoms with Crippen LogP contribution in [-0.4, -0.2) is 108 Å². The van der Waals surface area contributed by atoms with E-state index in [1.54, 1.807) is 0 Å². The van der Waals surface area contributed by atoms with Crippen molar-refractivity contribution in [3.63, 3.8) is 0 Å².